The first-order valence-corrected chi connectivity index (χ1v) is 6.17. The molecule has 0 saturated heterocycles. The number of benzene rings is 2. The maximum atomic E-state index is 8.98. The van der Waals surface area contributed by atoms with Gasteiger partial charge in [-0.15, -0.1) is 0 Å². The summed E-state index contributed by atoms with van der Waals surface area (Å²) < 4.78 is 5.27. The normalized spacial score (nSPS) is 10.6. The Bertz CT molecular complexity index is 679. The van der Waals surface area contributed by atoms with Crippen LogP contribution >= 0.6 is 0 Å². The van der Waals surface area contributed by atoms with Crippen LogP contribution < -0.4 is 4.65 Å². The van der Waals surface area contributed by atoms with Crippen molar-refractivity contribution < 1.29 is 9.68 Å². The smallest absolute Gasteiger partial charge is 0.505 e. The highest BCUT2D eigenvalue weighted by molar-refractivity contribution is 6.17. The number of fused-ring (bicyclic) bond motifs is 1. The van der Waals surface area contributed by atoms with Gasteiger partial charge in [0.05, 0.1) is 0 Å². The maximum Gasteiger partial charge on any atom is 0.505 e. The highest BCUT2D eigenvalue weighted by Crippen LogP contribution is 2.29. The molecule has 0 spiro atoms. The highest BCUT2D eigenvalue weighted by Gasteiger charge is 2.12. The van der Waals surface area contributed by atoms with Gasteiger partial charge in [0.15, 0.2) is 5.88 Å². The fourth-order valence-electron chi connectivity index (χ4n) is 2.26. The Labute approximate surface area is 112 Å². The SMILES string of the molecule is OBOc1[nH]c2ccc[c]c2c1Cc1ccccc1. The van der Waals surface area contributed by atoms with Crippen molar-refractivity contribution in [1.82, 2.24) is 4.98 Å². The van der Waals surface area contributed by atoms with Gasteiger partial charge < -0.3 is 14.7 Å². The molecule has 3 rings (SSSR count). The lowest BCUT2D eigenvalue weighted by molar-refractivity contribution is 0.443. The van der Waals surface area contributed by atoms with Crippen molar-refractivity contribution in [2.75, 3.05) is 0 Å². The second-order valence-electron chi connectivity index (χ2n) is 4.33. The molecule has 0 saturated carbocycles. The monoisotopic (exact) mass is 250 g/mol. The topological polar surface area (TPSA) is 45.2 Å². The summed E-state index contributed by atoms with van der Waals surface area (Å²) in [7, 11) is -0.339. The van der Waals surface area contributed by atoms with Crippen LogP contribution in [0.1, 0.15) is 11.1 Å². The Hall–Kier alpha value is -2.20. The summed E-state index contributed by atoms with van der Waals surface area (Å²) in [6, 6.07) is 19.2. The third-order valence-corrected chi connectivity index (χ3v) is 3.11. The first-order chi connectivity index (χ1) is 9.38. The van der Waals surface area contributed by atoms with Gasteiger partial charge in [0.25, 0.3) is 0 Å². The van der Waals surface area contributed by atoms with Crippen LogP contribution in [-0.4, -0.2) is 17.7 Å². The molecule has 0 atom stereocenters. The lowest BCUT2D eigenvalue weighted by Crippen LogP contribution is -2.02. The van der Waals surface area contributed by atoms with Crippen molar-refractivity contribution in [1.29, 1.82) is 0 Å². The summed E-state index contributed by atoms with van der Waals surface area (Å²) in [6.07, 6.45) is 0.747. The molecular weight excluding hydrogens is 237 g/mol. The molecule has 1 heterocycles. The number of hydrogen-bond donors (Lipinski definition) is 2. The minimum atomic E-state index is -0.339. The maximum absolute atomic E-state index is 8.98. The van der Waals surface area contributed by atoms with Crippen LogP contribution in [0, 0.1) is 6.07 Å². The fourth-order valence-corrected chi connectivity index (χ4v) is 2.26. The van der Waals surface area contributed by atoms with E-state index >= 15 is 0 Å². The Morgan fingerprint density at radius 3 is 2.79 bits per heavy atom. The Balaban J connectivity index is 2.07. The molecular formula is C15H13BNO2. The second kappa shape index (κ2) is 5.20. The van der Waals surface area contributed by atoms with Crippen molar-refractivity contribution in [3.63, 3.8) is 0 Å². The van der Waals surface area contributed by atoms with E-state index in [0.29, 0.717) is 5.88 Å². The summed E-state index contributed by atoms with van der Waals surface area (Å²) in [4.78, 5) is 3.17. The van der Waals surface area contributed by atoms with Crippen LogP contribution in [0.5, 0.6) is 5.88 Å². The van der Waals surface area contributed by atoms with Gasteiger partial charge in [-0.1, -0.05) is 42.5 Å². The number of aromatic nitrogens is 1. The van der Waals surface area contributed by atoms with Crippen molar-refractivity contribution in [3.05, 3.63) is 65.7 Å². The number of nitrogens with one attached hydrogen (secondary N) is 1. The predicted octanol–water partition coefficient (Wildman–Crippen LogP) is 2.20. The standard InChI is InChI=1S/C15H13BNO2/c18-16-19-15-13(10-11-6-2-1-3-7-11)12-8-4-5-9-14(12)17-15/h1-7,9,16-18H,10H2. The van der Waals surface area contributed by atoms with E-state index in [9.17, 15) is 0 Å². The summed E-state index contributed by atoms with van der Waals surface area (Å²) >= 11 is 0. The zero-order chi connectivity index (χ0) is 13.1. The summed E-state index contributed by atoms with van der Waals surface area (Å²) in [6.45, 7) is 0. The molecule has 93 valence electrons. The molecule has 0 unspecified atom stereocenters. The van der Waals surface area contributed by atoms with Crippen LogP contribution in [0.4, 0.5) is 0 Å². The van der Waals surface area contributed by atoms with E-state index in [4.69, 9.17) is 9.68 Å². The molecule has 0 amide bonds. The lowest BCUT2D eigenvalue weighted by Gasteiger charge is -2.05. The largest absolute Gasteiger partial charge is 0.526 e. The molecule has 1 radical (unpaired) electrons. The summed E-state index contributed by atoms with van der Waals surface area (Å²) in [5.41, 5.74) is 3.19. The average Bonchev–Trinajstić information content (AvgIpc) is 2.79. The van der Waals surface area contributed by atoms with Crippen molar-refractivity contribution in [3.8, 4) is 5.88 Å². The number of hydrogen-bond acceptors (Lipinski definition) is 2. The van der Waals surface area contributed by atoms with E-state index in [1.165, 1.54) is 5.56 Å². The van der Waals surface area contributed by atoms with Crippen LogP contribution in [0.2, 0.25) is 0 Å². The molecule has 2 aromatic carbocycles. The zero-order valence-electron chi connectivity index (χ0n) is 10.4. The molecule has 0 aliphatic carbocycles. The highest BCUT2D eigenvalue weighted by atomic mass is 16.5. The molecule has 0 aliphatic rings. The predicted molar refractivity (Wildman–Crippen MR) is 76.4 cm³/mol. The molecule has 0 bridgehead atoms. The second-order valence-corrected chi connectivity index (χ2v) is 4.33. The molecule has 3 nitrogen and oxygen atoms in total. The molecule has 19 heavy (non-hydrogen) atoms. The van der Waals surface area contributed by atoms with Crippen LogP contribution in [0.25, 0.3) is 10.9 Å². The van der Waals surface area contributed by atoms with Gasteiger partial charge in [0, 0.05) is 22.9 Å². The number of rotatable bonds is 4. The van der Waals surface area contributed by atoms with Gasteiger partial charge in [0.2, 0.25) is 0 Å². The molecule has 1 aromatic heterocycles. The molecule has 3 aromatic rings. The summed E-state index contributed by atoms with van der Waals surface area (Å²) in [5, 5.41) is 9.99. The minimum absolute atomic E-state index is 0.339. The molecule has 2 N–H and O–H groups in total. The quantitative estimate of drug-likeness (QED) is 0.697. The lowest BCUT2D eigenvalue weighted by atomic mass is 10.0. The van der Waals surface area contributed by atoms with Gasteiger partial charge in [-0.3, -0.25) is 0 Å². The molecule has 4 heteroatoms. The van der Waals surface area contributed by atoms with Crippen LogP contribution in [0.15, 0.2) is 48.5 Å². The van der Waals surface area contributed by atoms with E-state index in [2.05, 4.69) is 23.2 Å². The van der Waals surface area contributed by atoms with E-state index in [-0.39, 0.29) is 7.69 Å². The van der Waals surface area contributed by atoms with Gasteiger partial charge in [-0.25, -0.2) is 0 Å². The Morgan fingerprint density at radius 1 is 1.16 bits per heavy atom. The van der Waals surface area contributed by atoms with Gasteiger partial charge in [-0.05, 0) is 17.7 Å². The third-order valence-electron chi connectivity index (χ3n) is 3.11. The Morgan fingerprint density at radius 2 is 2.00 bits per heavy atom. The van der Waals surface area contributed by atoms with E-state index < -0.39 is 0 Å². The Kier molecular flexibility index (Phi) is 3.25. The van der Waals surface area contributed by atoms with E-state index in [0.717, 1.165) is 22.9 Å². The van der Waals surface area contributed by atoms with Crippen LogP contribution in [-0.2, 0) is 6.42 Å². The van der Waals surface area contributed by atoms with E-state index in [1.54, 1.807) is 0 Å². The zero-order valence-corrected chi connectivity index (χ0v) is 10.4. The first kappa shape index (κ1) is 11.9. The number of aromatic amines is 1. The van der Waals surface area contributed by atoms with Crippen molar-refractivity contribution in [2.24, 2.45) is 0 Å². The van der Waals surface area contributed by atoms with Crippen LogP contribution in [0.3, 0.4) is 0 Å². The molecule has 0 aliphatic heterocycles. The third kappa shape index (κ3) is 2.35. The van der Waals surface area contributed by atoms with Crippen molar-refractivity contribution >= 4 is 18.6 Å². The minimum Gasteiger partial charge on any atom is -0.526 e. The van der Waals surface area contributed by atoms with Crippen molar-refractivity contribution in [2.45, 2.75) is 6.42 Å². The first-order valence-electron chi connectivity index (χ1n) is 6.17. The number of H-pyrrole nitrogens is 1. The van der Waals surface area contributed by atoms with Gasteiger partial charge in [-0.2, -0.15) is 0 Å². The fraction of sp³-hybridized carbons (Fsp3) is 0.0667. The van der Waals surface area contributed by atoms with E-state index in [1.807, 2.05) is 36.4 Å². The summed E-state index contributed by atoms with van der Waals surface area (Å²) in [5.74, 6) is 0.615. The average molecular weight is 250 g/mol. The van der Waals surface area contributed by atoms with Gasteiger partial charge in [0.1, 0.15) is 0 Å². The van der Waals surface area contributed by atoms with Gasteiger partial charge >= 0.3 is 7.69 Å². The molecule has 0 fully saturated rings.